The van der Waals surface area contributed by atoms with Gasteiger partial charge in [0.15, 0.2) is 5.15 Å². The SMILES string of the molecule is CCCCc1nc(Cl)c(O)n1C. The van der Waals surface area contributed by atoms with Gasteiger partial charge >= 0.3 is 0 Å². The molecule has 3 nitrogen and oxygen atoms in total. The fourth-order valence-electron chi connectivity index (χ4n) is 1.06. The molecule has 0 spiro atoms. The number of aromatic nitrogens is 2. The van der Waals surface area contributed by atoms with Crippen LogP contribution in [0.15, 0.2) is 0 Å². The first-order valence-electron chi connectivity index (χ1n) is 4.06. The number of rotatable bonds is 3. The van der Waals surface area contributed by atoms with E-state index in [2.05, 4.69) is 11.9 Å². The van der Waals surface area contributed by atoms with E-state index < -0.39 is 0 Å². The van der Waals surface area contributed by atoms with Crippen LogP contribution < -0.4 is 0 Å². The zero-order valence-electron chi connectivity index (χ0n) is 7.34. The van der Waals surface area contributed by atoms with Crippen molar-refractivity contribution in [3.05, 3.63) is 11.0 Å². The van der Waals surface area contributed by atoms with E-state index in [1.165, 1.54) is 0 Å². The van der Waals surface area contributed by atoms with E-state index in [9.17, 15) is 5.11 Å². The second kappa shape index (κ2) is 3.81. The molecule has 0 aromatic carbocycles. The molecule has 0 bridgehead atoms. The monoisotopic (exact) mass is 188 g/mol. The van der Waals surface area contributed by atoms with E-state index in [1.807, 2.05) is 0 Å². The number of aryl methyl sites for hydroxylation is 1. The highest BCUT2D eigenvalue weighted by molar-refractivity contribution is 6.30. The summed E-state index contributed by atoms with van der Waals surface area (Å²) < 4.78 is 1.62. The van der Waals surface area contributed by atoms with Gasteiger partial charge in [-0.3, -0.25) is 0 Å². The standard InChI is InChI=1S/C8H13ClN2O/c1-3-4-5-6-10-7(9)8(12)11(6)2/h12H,3-5H2,1-2H3. The highest BCUT2D eigenvalue weighted by atomic mass is 35.5. The Morgan fingerprint density at radius 2 is 2.25 bits per heavy atom. The summed E-state index contributed by atoms with van der Waals surface area (Å²) in [6.45, 7) is 2.12. The van der Waals surface area contributed by atoms with Crippen LogP contribution in [0.2, 0.25) is 5.15 Å². The Morgan fingerprint density at radius 1 is 1.58 bits per heavy atom. The first kappa shape index (κ1) is 9.39. The van der Waals surface area contributed by atoms with Crippen molar-refractivity contribution in [2.45, 2.75) is 26.2 Å². The lowest BCUT2D eigenvalue weighted by Crippen LogP contribution is -1.97. The summed E-state index contributed by atoms with van der Waals surface area (Å²) in [6.07, 6.45) is 3.05. The van der Waals surface area contributed by atoms with E-state index in [4.69, 9.17) is 11.6 Å². The summed E-state index contributed by atoms with van der Waals surface area (Å²) in [5.74, 6) is 0.905. The maximum absolute atomic E-state index is 9.29. The van der Waals surface area contributed by atoms with E-state index >= 15 is 0 Å². The summed E-state index contributed by atoms with van der Waals surface area (Å²) in [4.78, 5) is 4.03. The van der Waals surface area contributed by atoms with Crippen molar-refractivity contribution in [3.63, 3.8) is 0 Å². The fraction of sp³-hybridized carbons (Fsp3) is 0.625. The number of hydrogen-bond acceptors (Lipinski definition) is 2. The van der Waals surface area contributed by atoms with Crippen LogP contribution >= 0.6 is 11.6 Å². The Balaban J connectivity index is 2.79. The van der Waals surface area contributed by atoms with Crippen LogP contribution in [0, 0.1) is 0 Å². The third-order valence-electron chi connectivity index (χ3n) is 1.87. The van der Waals surface area contributed by atoms with Crippen molar-refractivity contribution >= 4 is 11.6 Å². The van der Waals surface area contributed by atoms with Gasteiger partial charge in [0.25, 0.3) is 0 Å². The highest BCUT2D eigenvalue weighted by Gasteiger charge is 2.10. The number of nitrogens with zero attached hydrogens (tertiary/aromatic N) is 2. The van der Waals surface area contributed by atoms with Crippen LogP contribution in [-0.4, -0.2) is 14.7 Å². The lowest BCUT2D eigenvalue weighted by atomic mass is 10.2. The molecule has 1 aromatic rings. The van der Waals surface area contributed by atoms with Crippen LogP contribution in [0.4, 0.5) is 0 Å². The fourth-order valence-corrected chi connectivity index (χ4v) is 1.28. The van der Waals surface area contributed by atoms with E-state index in [0.717, 1.165) is 25.1 Å². The van der Waals surface area contributed by atoms with Crippen molar-refractivity contribution in [2.24, 2.45) is 7.05 Å². The largest absolute Gasteiger partial charge is 0.492 e. The van der Waals surface area contributed by atoms with Gasteiger partial charge in [-0.25, -0.2) is 4.98 Å². The molecule has 1 heterocycles. The Bertz CT molecular complexity index is 270. The van der Waals surface area contributed by atoms with Gasteiger partial charge in [0.2, 0.25) is 5.88 Å². The van der Waals surface area contributed by atoms with Crippen molar-refractivity contribution in [3.8, 4) is 5.88 Å². The lowest BCUT2D eigenvalue weighted by Gasteiger charge is -1.99. The molecule has 0 atom stereocenters. The van der Waals surface area contributed by atoms with Gasteiger partial charge in [-0.05, 0) is 6.42 Å². The van der Waals surface area contributed by atoms with E-state index in [0.29, 0.717) is 0 Å². The van der Waals surface area contributed by atoms with Crippen molar-refractivity contribution in [1.29, 1.82) is 0 Å². The molecular weight excluding hydrogens is 176 g/mol. The molecule has 12 heavy (non-hydrogen) atoms. The average molecular weight is 189 g/mol. The number of imidazole rings is 1. The second-order valence-electron chi connectivity index (χ2n) is 2.81. The van der Waals surface area contributed by atoms with Gasteiger partial charge in [0.1, 0.15) is 5.82 Å². The normalized spacial score (nSPS) is 10.6. The summed E-state index contributed by atoms with van der Waals surface area (Å²) >= 11 is 5.63. The zero-order valence-corrected chi connectivity index (χ0v) is 8.10. The van der Waals surface area contributed by atoms with Crippen LogP contribution in [0.1, 0.15) is 25.6 Å². The van der Waals surface area contributed by atoms with Crippen molar-refractivity contribution in [2.75, 3.05) is 0 Å². The summed E-state index contributed by atoms with van der Waals surface area (Å²) in [5.41, 5.74) is 0. The molecule has 68 valence electrons. The lowest BCUT2D eigenvalue weighted by molar-refractivity contribution is 0.428. The van der Waals surface area contributed by atoms with Gasteiger partial charge in [-0.15, -0.1) is 0 Å². The summed E-state index contributed by atoms with van der Waals surface area (Å²) in [7, 11) is 1.76. The molecule has 0 aliphatic rings. The molecule has 0 aliphatic heterocycles. The molecule has 0 aliphatic carbocycles. The van der Waals surface area contributed by atoms with E-state index in [1.54, 1.807) is 11.6 Å². The Morgan fingerprint density at radius 3 is 2.67 bits per heavy atom. The topological polar surface area (TPSA) is 38.1 Å². The van der Waals surface area contributed by atoms with Gasteiger partial charge in [0, 0.05) is 13.5 Å². The smallest absolute Gasteiger partial charge is 0.230 e. The number of unbranched alkanes of at least 4 members (excludes halogenated alkanes) is 1. The maximum Gasteiger partial charge on any atom is 0.230 e. The van der Waals surface area contributed by atoms with Crippen LogP contribution in [-0.2, 0) is 13.5 Å². The quantitative estimate of drug-likeness (QED) is 0.789. The minimum atomic E-state index is 0.0581. The predicted molar refractivity (Wildman–Crippen MR) is 48.5 cm³/mol. The third kappa shape index (κ3) is 1.72. The van der Waals surface area contributed by atoms with Gasteiger partial charge in [-0.1, -0.05) is 24.9 Å². The first-order valence-corrected chi connectivity index (χ1v) is 4.44. The number of hydrogen-bond donors (Lipinski definition) is 1. The second-order valence-corrected chi connectivity index (χ2v) is 3.16. The summed E-state index contributed by atoms with van der Waals surface area (Å²) in [6, 6.07) is 0. The van der Waals surface area contributed by atoms with E-state index in [-0.39, 0.29) is 11.0 Å². The Hall–Kier alpha value is -0.700. The molecule has 1 N–H and O–H groups in total. The molecule has 0 saturated carbocycles. The Kier molecular flexibility index (Phi) is 2.98. The molecule has 1 aromatic heterocycles. The van der Waals surface area contributed by atoms with Gasteiger partial charge in [-0.2, -0.15) is 0 Å². The third-order valence-corrected chi connectivity index (χ3v) is 2.12. The molecule has 0 fully saturated rings. The molecule has 0 unspecified atom stereocenters. The first-order chi connectivity index (χ1) is 5.66. The van der Waals surface area contributed by atoms with Crippen LogP contribution in [0.3, 0.4) is 0 Å². The van der Waals surface area contributed by atoms with Gasteiger partial charge < -0.3 is 9.67 Å². The van der Waals surface area contributed by atoms with Crippen molar-refractivity contribution < 1.29 is 5.11 Å². The molecule has 0 amide bonds. The van der Waals surface area contributed by atoms with Crippen LogP contribution in [0.5, 0.6) is 5.88 Å². The van der Waals surface area contributed by atoms with Crippen molar-refractivity contribution in [1.82, 2.24) is 9.55 Å². The number of halogens is 1. The minimum Gasteiger partial charge on any atom is -0.492 e. The Labute approximate surface area is 77.0 Å². The predicted octanol–water partition coefficient (Wildman–Crippen LogP) is 2.12. The molecule has 0 saturated heterocycles. The minimum absolute atomic E-state index is 0.0581. The summed E-state index contributed by atoms with van der Waals surface area (Å²) in [5, 5.41) is 9.49. The highest BCUT2D eigenvalue weighted by Crippen LogP contribution is 2.22. The zero-order chi connectivity index (χ0) is 9.14. The molecule has 0 radical (unpaired) electrons. The molecule has 4 heteroatoms. The van der Waals surface area contributed by atoms with Gasteiger partial charge in [0.05, 0.1) is 0 Å². The number of aromatic hydroxyl groups is 1. The molecular formula is C8H13ClN2O. The molecule has 1 rings (SSSR count). The average Bonchev–Trinajstić information content (AvgIpc) is 2.30. The maximum atomic E-state index is 9.29. The van der Waals surface area contributed by atoms with Crippen LogP contribution in [0.25, 0.3) is 0 Å².